The molecule has 0 aromatic carbocycles. The van der Waals surface area contributed by atoms with Gasteiger partial charge in [-0.05, 0) is 40.2 Å². The molecule has 18 heavy (non-hydrogen) atoms. The van der Waals surface area contributed by atoms with Gasteiger partial charge in [0.2, 0.25) is 0 Å². The van der Waals surface area contributed by atoms with Gasteiger partial charge < -0.3 is 0 Å². The molecule has 8 heteroatoms. The second kappa shape index (κ2) is 5.21. The fourth-order valence-electron chi connectivity index (χ4n) is 1.20. The van der Waals surface area contributed by atoms with Gasteiger partial charge in [-0.1, -0.05) is 11.6 Å². The van der Waals surface area contributed by atoms with Crippen LogP contribution in [0, 0.1) is 0 Å². The van der Waals surface area contributed by atoms with Gasteiger partial charge in [-0.3, -0.25) is 4.72 Å². The molecular formula is C10H7BrClN3O2S. The molecule has 0 saturated heterocycles. The summed E-state index contributed by atoms with van der Waals surface area (Å²) in [5, 5.41) is 0.109. The van der Waals surface area contributed by atoms with Gasteiger partial charge >= 0.3 is 0 Å². The van der Waals surface area contributed by atoms with Crippen molar-refractivity contribution in [2.45, 2.75) is 4.90 Å². The van der Waals surface area contributed by atoms with Gasteiger partial charge in [0.25, 0.3) is 10.0 Å². The topological polar surface area (TPSA) is 72.0 Å². The molecule has 0 atom stereocenters. The first-order chi connectivity index (χ1) is 8.49. The molecule has 1 N–H and O–H groups in total. The van der Waals surface area contributed by atoms with Crippen LogP contribution in [0.15, 0.2) is 46.0 Å². The highest BCUT2D eigenvalue weighted by Gasteiger charge is 2.16. The molecule has 0 amide bonds. The zero-order chi connectivity index (χ0) is 13.2. The van der Waals surface area contributed by atoms with Crippen LogP contribution >= 0.6 is 27.5 Å². The van der Waals surface area contributed by atoms with E-state index in [0.717, 1.165) is 0 Å². The number of anilines is 1. The Morgan fingerprint density at radius 1 is 1.22 bits per heavy atom. The van der Waals surface area contributed by atoms with Crippen LogP contribution in [0.4, 0.5) is 5.82 Å². The molecule has 0 aliphatic heterocycles. The molecule has 0 bridgehead atoms. The van der Waals surface area contributed by atoms with Gasteiger partial charge in [0.15, 0.2) is 5.82 Å². The Morgan fingerprint density at radius 2 is 2.00 bits per heavy atom. The first kappa shape index (κ1) is 13.3. The second-order valence-electron chi connectivity index (χ2n) is 3.25. The van der Waals surface area contributed by atoms with Crippen LogP contribution in [0.2, 0.25) is 5.15 Å². The number of aromatic nitrogens is 2. The predicted molar refractivity (Wildman–Crippen MR) is 72.0 cm³/mol. The summed E-state index contributed by atoms with van der Waals surface area (Å²) in [5.74, 6) is 0.213. The van der Waals surface area contributed by atoms with Crippen LogP contribution in [0.25, 0.3) is 0 Å². The van der Waals surface area contributed by atoms with Crippen molar-refractivity contribution in [2.75, 3.05) is 4.72 Å². The average Bonchev–Trinajstić information content (AvgIpc) is 2.32. The van der Waals surface area contributed by atoms with Crippen LogP contribution < -0.4 is 4.72 Å². The molecule has 94 valence electrons. The van der Waals surface area contributed by atoms with Gasteiger partial charge in [0, 0.05) is 12.4 Å². The monoisotopic (exact) mass is 347 g/mol. The Kier molecular flexibility index (Phi) is 3.84. The molecule has 2 rings (SSSR count). The van der Waals surface area contributed by atoms with Gasteiger partial charge in [-0.25, -0.2) is 18.4 Å². The Morgan fingerprint density at radius 3 is 2.67 bits per heavy atom. The Labute approximate surface area is 117 Å². The smallest absolute Gasteiger partial charge is 0.262 e. The van der Waals surface area contributed by atoms with Crippen LogP contribution in [0.5, 0.6) is 0 Å². The highest BCUT2D eigenvalue weighted by atomic mass is 79.9. The number of hydrogen-bond acceptors (Lipinski definition) is 4. The minimum absolute atomic E-state index is 0.0278. The van der Waals surface area contributed by atoms with E-state index < -0.39 is 10.0 Å². The van der Waals surface area contributed by atoms with Gasteiger partial charge in [0.05, 0.1) is 9.37 Å². The standard InChI is InChI=1S/C10H7BrClN3O2S/c11-8-2-1-4-14-10(8)15-18(16,17)7-3-5-13-9(12)6-7/h1-6H,(H,14,15). The fourth-order valence-corrected chi connectivity index (χ4v) is 2.96. The number of sulfonamides is 1. The van der Waals surface area contributed by atoms with Crippen molar-refractivity contribution in [2.24, 2.45) is 0 Å². The second-order valence-corrected chi connectivity index (χ2v) is 6.18. The molecule has 2 heterocycles. The molecule has 2 aromatic rings. The molecule has 0 unspecified atom stereocenters. The lowest BCUT2D eigenvalue weighted by atomic mass is 10.5. The molecule has 2 aromatic heterocycles. The van der Waals surface area contributed by atoms with Crippen LogP contribution in [-0.2, 0) is 10.0 Å². The zero-order valence-corrected chi connectivity index (χ0v) is 12.0. The summed E-state index contributed by atoms with van der Waals surface area (Å²) in [6.45, 7) is 0. The minimum Gasteiger partial charge on any atom is -0.262 e. The minimum atomic E-state index is -3.73. The molecule has 0 fully saturated rings. The molecular weight excluding hydrogens is 342 g/mol. The normalized spacial score (nSPS) is 11.2. The number of halogens is 2. The summed E-state index contributed by atoms with van der Waals surface area (Å²) in [5.41, 5.74) is 0. The average molecular weight is 349 g/mol. The van der Waals surface area contributed by atoms with Gasteiger partial charge in [0.1, 0.15) is 5.15 Å². The SMILES string of the molecule is O=S(=O)(Nc1ncccc1Br)c1ccnc(Cl)c1. The van der Waals surface area contributed by atoms with E-state index in [0.29, 0.717) is 4.47 Å². The van der Waals surface area contributed by atoms with Crippen molar-refractivity contribution in [1.29, 1.82) is 0 Å². The molecule has 5 nitrogen and oxygen atoms in total. The van der Waals surface area contributed by atoms with E-state index in [1.165, 1.54) is 24.5 Å². The maximum Gasteiger partial charge on any atom is 0.263 e. The maximum absolute atomic E-state index is 12.0. The zero-order valence-electron chi connectivity index (χ0n) is 8.84. The van der Waals surface area contributed by atoms with Crippen molar-refractivity contribution in [3.05, 3.63) is 46.3 Å². The van der Waals surface area contributed by atoms with E-state index in [1.807, 2.05) is 0 Å². The van der Waals surface area contributed by atoms with Crippen molar-refractivity contribution >= 4 is 43.4 Å². The van der Waals surface area contributed by atoms with Crippen molar-refractivity contribution < 1.29 is 8.42 Å². The van der Waals surface area contributed by atoms with Crippen molar-refractivity contribution in [3.63, 3.8) is 0 Å². The Bertz CT molecular complexity index is 678. The van der Waals surface area contributed by atoms with Crippen LogP contribution in [0.1, 0.15) is 0 Å². The van der Waals surface area contributed by atoms with Crippen LogP contribution in [-0.4, -0.2) is 18.4 Å². The van der Waals surface area contributed by atoms with Gasteiger partial charge in [-0.15, -0.1) is 0 Å². The van der Waals surface area contributed by atoms with E-state index >= 15 is 0 Å². The summed E-state index contributed by atoms with van der Waals surface area (Å²) in [7, 11) is -3.73. The van der Waals surface area contributed by atoms with Gasteiger partial charge in [-0.2, -0.15) is 0 Å². The summed E-state index contributed by atoms with van der Waals surface area (Å²) in [6.07, 6.45) is 2.81. The summed E-state index contributed by atoms with van der Waals surface area (Å²) < 4.78 is 27.0. The number of nitrogens with zero attached hydrogens (tertiary/aromatic N) is 2. The quantitative estimate of drug-likeness (QED) is 0.866. The maximum atomic E-state index is 12.0. The summed E-state index contributed by atoms with van der Waals surface area (Å²) in [4.78, 5) is 7.68. The number of hydrogen-bond donors (Lipinski definition) is 1. The van der Waals surface area contributed by atoms with Crippen molar-refractivity contribution in [3.8, 4) is 0 Å². The highest BCUT2D eigenvalue weighted by molar-refractivity contribution is 9.10. The number of rotatable bonds is 3. The highest BCUT2D eigenvalue weighted by Crippen LogP contribution is 2.22. The third kappa shape index (κ3) is 2.98. The first-order valence-electron chi connectivity index (χ1n) is 4.74. The third-order valence-electron chi connectivity index (χ3n) is 2.00. The van der Waals surface area contributed by atoms with E-state index in [4.69, 9.17) is 11.6 Å². The summed E-state index contributed by atoms with van der Waals surface area (Å²) in [6, 6.07) is 5.99. The first-order valence-corrected chi connectivity index (χ1v) is 7.39. The lowest BCUT2D eigenvalue weighted by Gasteiger charge is -2.08. The molecule has 0 spiro atoms. The van der Waals surface area contributed by atoms with E-state index in [9.17, 15) is 8.42 Å². The molecule has 0 radical (unpaired) electrons. The predicted octanol–water partition coefficient (Wildman–Crippen LogP) is 2.69. The third-order valence-corrected chi connectivity index (χ3v) is 4.18. The largest absolute Gasteiger partial charge is 0.263 e. The lowest BCUT2D eigenvalue weighted by Crippen LogP contribution is -2.14. The Hall–Kier alpha value is -1.18. The fraction of sp³-hybridized carbons (Fsp3) is 0. The summed E-state index contributed by atoms with van der Waals surface area (Å²) >= 11 is 8.87. The molecule has 0 aliphatic rings. The number of pyridine rings is 2. The van der Waals surface area contributed by atoms with E-state index in [-0.39, 0.29) is 15.9 Å². The molecule has 0 aliphatic carbocycles. The van der Waals surface area contributed by atoms with E-state index in [1.54, 1.807) is 12.1 Å². The van der Waals surface area contributed by atoms with E-state index in [2.05, 4.69) is 30.6 Å². The lowest BCUT2D eigenvalue weighted by molar-refractivity contribution is 0.601. The Balaban J connectivity index is 2.37. The van der Waals surface area contributed by atoms with Crippen LogP contribution in [0.3, 0.4) is 0 Å². The van der Waals surface area contributed by atoms with Crippen molar-refractivity contribution in [1.82, 2.24) is 9.97 Å². The number of nitrogens with one attached hydrogen (secondary N) is 1. The molecule has 0 saturated carbocycles.